The number of aliphatic hydroxyl groups is 1. The molecule has 0 aliphatic carbocycles. The van der Waals surface area contributed by atoms with Crippen LogP contribution in [-0.4, -0.2) is 64.8 Å². The number of ether oxygens (including phenoxy) is 1. The summed E-state index contributed by atoms with van der Waals surface area (Å²) in [6.07, 6.45) is 5.72. The number of carbonyl (C=O) groups excluding carboxylic acids is 1. The fourth-order valence-electron chi connectivity index (χ4n) is 4.95. The Kier molecular flexibility index (Phi) is 7.72. The quantitative estimate of drug-likeness (QED) is 0.251. The third-order valence-electron chi connectivity index (χ3n) is 6.82. The van der Waals surface area contributed by atoms with Crippen LogP contribution in [0.5, 0.6) is 5.75 Å². The molecule has 0 saturated carbocycles. The minimum absolute atomic E-state index is 0.170. The SMILES string of the molecule is NC(=O)C[N+]1(c2cccc(F)c2F)C=C(Nc2ncnc3cc(OCCCN4CCC[C@@H]4CO)ccc23)N=N1. The predicted octanol–water partition coefficient (Wildman–Crippen LogP) is 3.22. The van der Waals surface area contributed by atoms with Crippen molar-refractivity contribution in [1.29, 1.82) is 0 Å². The number of halogens is 2. The molecule has 3 heterocycles. The van der Waals surface area contributed by atoms with Crippen molar-refractivity contribution in [2.24, 2.45) is 16.1 Å². The largest absolute Gasteiger partial charge is 0.493 e. The van der Waals surface area contributed by atoms with Crippen LogP contribution in [-0.2, 0) is 4.79 Å². The molecule has 2 aliphatic heterocycles. The van der Waals surface area contributed by atoms with Gasteiger partial charge < -0.3 is 20.9 Å². The van der Waals surface area contributed by atoms with Crippen LogP contribution in [0.3, 0.4) is 0 Å². The highest BCUT2D eigenvalue weighted by Gasteiger charge is 2.41. The number of anilines is 1. The van der Waals surface area contributed by atoms with Crippen molar-refractivity contribution >= 4 is 28.3 Å². The first-order valence-electron chi connectivity index (χ1n) is 12.6. The van der Waals surface area contributed by atoms with Crippen LogP contribution in [0.25, 0.3) is 10.9 Å². The second kappa shape index (κ2) is 11.4. The van der Waals surface area contributed by atoms with Crippen LogP contribution in [0.1, 0.15) is 19.3 Å². The van der Waals surface area contributed by atoms with E-state index in [1.807, 2.05) is 6.07 Å². The van der Waals surface area contributed by atoms with Gasteiger partial charge in [-0.3, -0.25) is 9.69 Å². The highest BCUT2D eigenvalue weighted by Crippen LogP contribution is 2.35. The van der Waals surface area contributed by atoms with E-state index < -0.39 is 28.7 Å². The number of amides is 1. The van der Waals surface area contributed by atoms with E-state index in [2.05, 4.69) is 30.5 Å². The minimum atomic E-state index is -1.15. The molecule has 0 spiro atoms. The first-order valence-corrected chi connectivity index (χ1v) is 12.6. The molecule has 1 amide bonds. The Balaban J connectivity index is 1.30. The monoisotopic (exact) mass is 539 g/mol. The van der Waals surface area contributed by atoms with E-state index in [1.54, 1.807) is 12.1 Å². The summed E-state index contributed by atoms with van der Waals surface area (Å²) >= 11 is 0. The van der Waals surface area contributed by atoms with E-state index in [1.165, 1.54) is 24.7 Å². The van der Waals surface area contributed by atoms with E-state index in [0.29, 0.717) is 29.1 Å². The lowest BCUT2D eigenvalue weighted by Gasteiger charge is -2.22. The number of carbonyl (C=O) groups is 1. The Morgan fingerprint density at radius 3 is 2.95 bits per heavy atom. The van der Waals surface area contributed by atoms with Gasteiger partial charge in [0.05, 0.1) is 18.7 Å². The Morgan fingerprint density at radius 2 is 2.13 bits per heavy atom. The zero-order valence-electron chi connectivity index (χ0n) is 21.1. The Bertz CT molecular complexity index is 1440. The Morgan fingerprint density at radius 1 is 1.26 bits per heavy atom. The Labute approximate surface area is 223 Å². The molecule has 11 nitrogen and oxygen atoms in total. The van der Waals surface area contributed by atoms with Gasteiger partial charge in [-0.2, -0.15) is 4.39 Å². The molecule has 2 atom stereocenters. The van der Waals surface area contributed by atoms with Gasteiger partial charge in [-0.05, 0) is 44.0 Å². The van der Waals surface area contributed by atoms with E-state index >= 15 is 0 Å². The minimum Gasteiger partial charge on any atom is -0.493 e. The van der Waals surface area contributed by atoms with E-state index in [0.717, 1.165) is 38.4 Å². The molecule has 0 bridgehead atoms. The van der Waals surface area contributed by atoms with Crippen LogP contribution in [0.2, 0.25) is 0 Å². The van der Waals surface area contributed by atoms with Crippen molar-refractivity contribution < 1.29 is 23.4 Å². The lowest BCUT2D eigenvalue weighted by atomic mass is 10.2. The van der Waals surface area contributed by atoms with Crippen molar-refractivity contribution in [2.45, 2.75) is 25.3 Å². The molecular weight excluding hydrogens is 510 g/mol. The third kappa shape index (κ3) is 5.70. The fraction of sp³-hybridized carbons (Fsp3) is 0.346. The van der Waals surface area contributed by atoms with Crippen molar-refractivity contribution in [3.63, 3.8) is 0 Å². The van der Waals surface area contributed by atoms with E-state index in [4.69, 9.17) is 10.5 Å². The molecule has 1 aromatic heterocycles. The van der Waals surface area contributed by atoms with Crippen molar-refractivity contribution in [3.05, 3.63) is 66.4 Å². The number of aromatic nitrogens is 2. The van der Waals surface area contributed by atoms with E-state index in [-0.39, 0.29) is 24.2 Å². The van der Waals surface area contributed by atoms with Crippen LogP contribution in [0, 0.1) is 11.6 Å². The van der Waals surface area contributed by atoms with Gasteiger partial charge in [0.1, 0.15) is 17.9 Å². The number of hydrogen-bond acceptors (Lipinski definition) is 9. The van der Waals surface area contributed by atoms with Gasteiger partial charge in [-0.15, -0.1) is 4.59 Å². The van der Waals surface area contributed by atoms with Gasteiger partial charge in [-0.1, -0.05) is 11.2 Å². The Hall–Kier alpha value is -4.07. The molecular formula is C26H29F2N8O3+. The van der Waals surface area contributed by atoms with Crippen LogP contribution >= 0.6 is 0 Å². The maximum atomic E-state index is 14.6. The molecule has 4 N–H and O–H groups in total. The summed E-state index contributed by atoms with van der Waals surface area (Å²) in [6, 6.07) is 9.27. The van der Waals surface area contributed by atoms with Crippen LogP contribution < -0.4 is 20.4 Å². The summed E-state index contributed by atoms with van der Waals surface area (Å²) in [5.74, 6) is -1.77. The topological polar surface area (TPSA) is 138 Å². The van der Waals surface area contributed by atoms with Gasteiger partial charge in [0.2, 0.25) is 17.3 Å². The summed E-state index contributed by atoms with van der Waals surface area (Å²) in [4.78, 5) is 22.7. The number of likely N-dealkylation sites (tertiary alicyclic amines) is 1. The van der Waals surface area contributed by atoms with Crippen LogP contribution in [0.15, 0.2) is 65.1 Å². The summed E-state index contributed by atoms with van der Waals surface area (Å²) in [6.45, 7) is 2.13. The average Bonchev–Trinajstić information content (AvgIpc) is 3.55. The number of benzene rings is 2. The number of rotatable bonds is 11. The first-order chi connectivity index (χ1) is 18.9. The number of quaternary nitrogens is 1. The number of primary amides is 1. The lowest BCUT2D eigenvalue weighted by Crippen LogP contribution is -2.44. The summed E-state index contributed by atoms with van der Waals surface area (Å²) in [5, 5.41) is 21.3. The van der Waals surface area contributed by atoms with Gasteiger partial charge in [0.15, 0.2) is 18.6 Å². The lowest BCUT2D eigenvalue weighted by molar-refractivity contribution is -0.118. The molecule has 13 heteroatoms. The standard InChI is InChI=1S/C26H28F2N8O3/c27-20-5-1-6-22(25(20)28)36(13-23(29)38)14-24(33-34-36)32-26-19-8-7-18(12-21(19)30-16-31-26)39-11-3-10-35-9-2-4-17(35)15-37/h1,5-8,12,14,16-17,37H,2-4,9-11,13,15H2,(H2-,29,30,31,32,38)/p+1/t17-,36?/m1/s1. The molecule has 3 aromatic rings. The zero-order chi connectivity index (χ0) is 27.4. The van der Waals surface area contributed by atoms with Gasteiger partial charge in [0, 0.05) is 35.3 Å². The molecule has 204 valence electrons. The molecule has 1 fully saturated rings. The molecule has 1 unspecified atom stereocenters. The molecule has 5 rings (SSSR count). The molecule has 2 aromatic carbocycles. The molecule has 1 saturated heterocycles. The first kappa shape index (κ1) is 26.5. The maximum Gasteiger partial charge on any atom is 0.276 e. The molecule has 39 heavy (non-hydrogen) atoms. The number of nitrogens with zero attached hydrogens (tertiary/aromatic N) is 6. The third-order valence-corrected chi connectivity index (χ3v) is 6.82. The number of nitrogens with two attached hydrogens (primary N) is 1. The summed E-state index contributed by atoms with van der Waals surface area (Å²) in [7, 11) is 0. The fourth-order valence-corrected chi connectivity index (χ4v) is 4.95. The highest BCUT2D eigenvalue weighted by atomic mass is 19.2. The zero-order valence-corrected chi connectivity index (χ0v) is 21.1. The number of hydrogen-bond donors (Lipinski definition) is 3. The predicted molar refractivity (Wildman–Crippen MR) is 140 cm³/mol. The van der Waals surface area contributed by atoms with Crippen molar-refractivity contribution in [1.82, 2.24) is 19.5 Å². The van der Waals surface area contributed by atoms with E-state index in [9.17, 15) is 18.7 Å². The normalized spacial score (nSPS) is 20.9. The van der Waals surface area contributed by atoms with Gasteiger partial charge in [-0.25, -0.2) is 14.4 Å². The average molecular weight is 540 g/mol. The number of fused-ring (bicyclic) bond motifs is 1. The summed E-state index contributed by atoms with van der Waals surface area (Å²) < 4.78 is 33.7. The number of nitrogens with one attached hydrogen (secondary N) is 1. The van der Waals surface area contributed by atoms with Gasteiger partial charge in [0.25, 0.3) is 5.91 Å². The number of aliphatic hydroxyl groups excluding tert-OH is 1. The smallest absolute Gasteiger partial charge is 0.276 e. The van der Waals surface area contributed by atoms with Crippen molar-refractivity contribution in [3.8, 4) is 5.75 Å². The maximum absolute atomic E-state index is 14.6. The molecule has 2 aliphatic rings. The highest BCUT2D eigenvalue weighted by molar-refractivity contribution is 5.90. The second-order valence-corrected chi connectivity index (χ2v) is 9.47. The van der Waals surface area contributed by atoms with Crippen LogP contribution in [0.4, 0.5) is 20.3 Å². The van der Waals surface area contributed by atoms with Crippen molar-refractivity contribution in [2.75, 3.05) is 38.2 Å². The van der Waals surface area contributed by atoms with Gasteiger partial charge >= 0.3 is 0 Å². The summed E-state index contributed by atoms with van der Waals surface area (Å²) in [5.41, 5.74) is 5.80. The molecule has 0 radical (unpaired) electrons. The second-order valence-electron chi connectivity index (χ2n) is 9.47.